The Labute approximate surface area is 107 Å². The van der Waals surface area contributed by atoms with Gasteiger partial charge in [-0.2, -0.15) is 0 Å². The number of nitrogens with zero attached hydrogens (tertiary/aromatic N) is 1. The second-order valence-corrected chi connectivity index (χ2v) is 4.08. The molecule has 1 atom stereocenters. The second kappa shape index (κ2) is 5.61. The molecule has 0 aliphatic carbocycles. The highest BCUT2D eigenvalue weighted by atomic mass is 19.1. The highest BCUT2D eigenvalue weighted by molar-refractivity contribution is 5.91. The van der Waals surface area contributed by atoms with Gasteiger partial charge >= 0.3 is 6.03 Å². The number of nitrogens with one attached hydrogen (secondary N) is 2. The molecule has 1 unspecified atom stereocenters. The van der Waals surface area contributed by atoms with Crippen molar-refractivity contribution in [2.45, 2.75) is 12.5 Å². The highest BCUT2D eigenvalue weighted by Crippen LogP contribution is 2.24. The van der Waals surface area contributed by atoms with E-state index < -0.39 is 22.5 Å². The summed E-state index contributed by atoms with van der Waals surface area (Å²) in [7, 11) is 0. The Morgan fingerprint density at radius 3 is 2.95 bits per heavy atom. The molecule has 0 bridgehead atoms. The number of benzene rings is 1. The number of halogens is 1. The lowest BCUT2D eigenvalue weighted by molar-refractivity contribution is -0.384. The molecule has 1 aromatic carbocycles. The van der Waals surface area contributed by atoms with Crippen LogP contribution >= 0.6 is 0 Å². The van der Waals surface area contributed by atoms with E-state index in [1.54, 1.807) is 0 Å². The number of urea groups is 1. The summed E-state index contributed by atoms with van der Waals surface area (Å²) in [4.78, 5) is 21.6. The Morgan fingerprint density at radius 1 is 1.53 bits per heavy atom. The first-order valence-electron chi connectivity index (χ1n) is 5.65. The lowest BCUT2D eigenvalue weighted by Crippen LogP contribution is -2.38. The van der Waals surface area contributed by atoms with Gasteiger partial charge in [-0.25, -0.2) is 9.18 Å². The van der Waals surface area contributed by atoms with Crippen molar-refractivity contribution in [3.8, 4) is 0 Å². The predicted octanol–water partition coefficient (Wildman–Crippen LogP) is 1.64. The van der Waals surface area contributed by atoms with Gasteiger partial charge < -0.3 is 15.4 Å². The minimum absolute atomic E-state index is 0.0529. The SMILES string of the molecule is O=C(Nc1ccc(F)cc1[N+](=O)[O-])NC1CCOC1. The van der Waals surface area contributed by atoms with Crippen LogP contribution < -0.4 is 10.6 Å². The van der Waals surface area contributed by atoms with E-state index >= 15 is 0 Å². The zero-order valence-corrected chi connectivity index (χ0v) is 9.89. The number of ether oxygens (including phenoxy) is 1. The van der Waals surface area contributed by atoms with Crippen molar-refractivity contribution < 1.29 is 18.8 Å². The van der Waals surface area contributed by atoms with Crippen LogP contribution in [0.3, 0.4) is 0 Å². The average Bonchev–Trinajstić information content (AvgIpc) is 2.83. The van der Waals surface area contributed by atoms with E-state index in [4.69, 9.17) is 4.74 Å². The third kappa shape index (κ3) is 3.38. The second-order valence-electron chi connectivity index (χ2n) is 4.08. The van der Waals surface area contributed by atoms with E-state index in [9.17, 15) is 19.3 Å². The standard InChI is InChI=1S/C11H12FN3O4/c12-7-1-2-9(10(5-7)15(17)18)14-11(16)13-8-3-4-19-6-8/h1-2,5,8H,3-4,6H2,(H2,13,14,16). The Balaban J connectivity index is 2.05. The van der Waals surface area contributed by atoms with Gasteiger partial charge in [0.25, 0.3) is 5.69 Å². The first-order valence-corrected chi connectivity index (χ1v) is 5.65. The maximum atomic E-state index is 12.9. The van der Waals surface area contributed by atoms with Crippen molar-refractivity contribution in [3.63, 3.8) is 0 Å². The number of nitro groups is 1. The minimum atomic E-state index is -0.753. The minimum Gasteiger partial charge on any atom is -0.379 e. The molecule has 7 nitrogen and oxygen atoms in total. The van der Waals surface area contributed by atoms with E-state index in [0.717, 1.165) is 18.2 Å². The van der Waals surface area contributed by atoms with E-state index in [1.807, 2.05) is 0 Å². The van der Waals surface area contributed by atoms with Crippen LogP contribution in [-0.2, 0) is 4.74 Å². The predicted molar refractivity (Wildman–Crippen MR) is 64.4 cm³/mol. The molecule has 102 valence electrons. The average molecular weight is 269 g/mol. The van der Waals surface area contributed by atoms with Gasteiger partial charge in [0.1, 0.15) is 11.5 Å². The van der Waals surface area contributed by atoms with Crippen LogP contribution in [0.5, 0.6) is 0 Å². The van der Waals surface area contributed by atoms with Crippen molar-refractivity contribution in [2.75, 3.05) is 18.5 Å². The summed E-state index contributed by atoms with van der Waals surface area (Å²) >= 11 is 0. The molecule has 2 amide bonds. The fourth-order valence-corrected chi connectivity index (χ4v) is 1.75. The van der Waals surface area contributed by atoms with Gasteiger partial charge in [-0.15, -0.1) is 0 Å². The Morgan fingerprint density at radius 2 is 2.32 bits per heavy atom. The number of anilines is 1. The van der Waals surface area contributed by atoms with E-state index in [2.05, 4.69) is 10.6 Å². The number of hydrogen-bond acceptors (Lipinski definition) is 4. The van der Waals surface area contributed by atoms with Crippen molar-refractivity contribution in [3.05, 3.63) is 34.1 Å². The van der Waals surface area contributed by atoms with Crippen LogP contribution in [0, 0.1) is 15.9 Å². The first kappa shape index (κ1) is 13.2. The molecular formula is C11H12FN3O4. The van der Waals surface area contributed by atoms with Gasteiger partial charge in [0.05, 0.1) is 23.6 Å². The third-order valence-electron chi connectivity index (χ3n) is 2.67. The van der Waals surface area contributed by atoms with Gasteiger partial charge in [0.15, 0.2) is 0 Å². The molecule has 2 N–H and O–H groups in total. The molecular weight excluding hydrogens is 257 g/mol. The quantitative estimate of drug-likeness (QED) is 0.644. The molecule has 1 heterocycles. The molecule has 1 aromatic rings. The number of hydrogen-bond donors (Lipinski definition) is 2. The summed E-state index contributed by atoms with van der Waals surface area (Å²) in [6, 6.07) is 2.26. The van der Waals surface area contributed by atoms with Crippen LogP contribution in [0.2, 0.25) is 0 Å². The lowest BCUT2D eigenvalue weighted by atomic mass is 10.2. The molecule has 1 aliphatic heterocycles. The van der Waals surface area contributed by atoms with E-state index in [-0.39, 0.29) is 11.7 Å². The zero-order chi connectivity index (χ0) is 13.8. The maximum absolute atomic E-state index is 12.9. The summed E-state index contributed by atoms with van der Waals surface area (Å²) in [5, 5.41) is 15.7. The first-order chi connectivity index (χ1) is 9.06. The summed E-state index contributed by atoms with van der Waals surface area (Å²) in [6.45, 7) is 0.987. The smallest absolute Gasteiger partial charge is 0.319 e. The summed E-state index contributed by atoms with van der Waals surface area (Å²) in [5.41, 5.74) is -0.541. The summed E-state index contributed by atoms with van der Waals surface area (Å²) in [6.07, 6.45) is 0.693. The molecule has 19 heavy (non-hydrogen) atoms. The van der Waals surface area contributed by atoms with Gasteiger partial charge in [-0.3, -0.25) is 10.1 Å². The Hall–Kier alpha value is -2.22. The molecule has 0 radical (unpaired) electrons. The van der Waals surface area contributed by atoms with Crippen molar-refractivity contribution in [1.29, 1.82) is 0 Å². The van der Waals surface area contributed by atoms with Crippen LogP contribution in [0.1, 0.15) is 6.42 Å². The monoisotopic (exact) mass is 269 g/mol. The van der Waals surface area contributed by atoms with Gasteiger partial charge in [-0.05, 0) is 18.6 Å². The molecule has 1 fully saturated rings. The fourth-order valence-electron chi connectivity index (χ4n) is 1.75. The Kier molecular flexibility index (Phi) is 3.91. The van der Waals surface area contributed by atoms with Crippen LogP contribution in [0.25, 0.3) is 0 Å². The highest BCUT2D eigenvalue weighted by Gasteiger charge is 2.20. The molecule has 0 aromatic heterocycles. The molecule has 1 saturated heterocycles. The fraction of sp³-hybridized carbons (Fsp3) is 0.364. The summed E-state index contributed by atoms with van der Waals surface area (Å²) < 4.78 is 18.0. The lowest BCUT2D eigenvalue weighted by Gasteiger charge is -2.11. The third-order valence-corrected chi connectivity index (χ3v) is 2.67. The molecule has 1 aliphatic rings. The largest absolute Gasteiger partial charge is 0.379 e. The van der Waals surface area contributed by atoms with E-state index in [1.165, 1.54) is 0 Å². The molecule has 0 spiro atoms. The Bertz CT molecular complexity index is 503. The number of amides is 2. The van der Waals surface area contributed by atoms with Gasteiger partial charge in [0.2, 0.25) is 0 Å². The molecule has 0 saturated carbocycles. The van der Waals surface area contributed by atoms with Crippen LogP contribution in [0.4, 0.5) is 20.6 Å². The number of rotatable bonds is 3. The van der Waals surface area contributed by atoms with Gasteiger partial charge in [0, 0.05) is 6.61 Å². The number of carbonyl (C=O) groups is 1. The topological polar surface area (TPSA) is 93.5 Å². The zero-order valence-electron chi connectivity index (χ0n) is 9.89. The summed E-state index contributed by atoms with van der Waals surface area (Å²) in [5.74, 6) is -0.734. The maximum Gasteiger partial charge on any atom is 0.319 e. The van der Waals surface area contributed by atoms with E-state index in [0.29, 0.717) is 19.6 Å². The van der Waals surface area contributed by atoms with Crippen molar-refractivity contribution in [1.82, 2.24) is 5.32 Å². The van der Waals surface area contributed by atoms with Crippen molar-refractivity contribution >= 4 is 17.4 Å². The van der Waals surface area contributed by atoms with Gasteiger partial charge in [-0.1, -0.05) is 0 Å². The van der Waals surface area contributed by atoms with Crippen molar-refractivity contribution in [2.24, 2.45) is 0 Å². The normalized spacial score (nSPS) is 18.1. The molecule has 8 heteroatoms. The van der Waals surface area contributed by atoms with Crippen LogP contribution in [-0.4, -0.2) is 30.2 Å². The number of nitro benzene ring substituents is 1. The van der Waals surface area contributed by atoms with Crippen LogP contribution in [0.15, 0.2) is 18.2 Å². The number of carbonyl (C=O) groups excluding carboxylic acids is 1. The molecule has 2 rings (SSSR count).